The molecule has 29 heavy (non-hydrogen) atoms. The molecule has 1 aliphatic heterocycles. The Hall–Kier alpha value is -2.14. The molecule has 0 radical (unpaired) electrons. The molecule has 8 heteroatoms. The van der Waals surface area contributed by atoms with Gasteiger partial charge in [-0.25, -0.2) is 0 Å². The summed E-state index contributed by atoms with van der Waals surface area (Å²) in [6, 6.07) is 0.557. The Morgan fingerprint density at radius 2 is 1.97 bits per heavy atom. The third-order valence-electron chi connectivity index (χ3n) is 5.86. The molecule has 2 rings (SSSR count). The molecule has 0 bridgehead atoms. The standard InChI is InChI=1S/C21H34N4O4/c1-14(2)12-17(25-20(28)21(29)9-3-4-10-21)19(27)24-16(13-22)8-7-15-6-5-11-23-18(15)26/h14-17,29H,3-12H2,1-2H3,(H,23,26)(H,24,27)(H,25,28)/t15-,16-,17-/m0/s1. The molecular formula is C21H34N4O4. The number of nitrogens with one attached hydrogen (secondary N) is 3. The summed E-state index contributed by atoms with van der Waals surface area (Å²) >= 11 is 0. The molecule has 2 aliphatic rings. The third-order valence-corrected chi connectivity index (χ3v) is 5.86. The van der Waals surface area contributed by atoms with E-state index in [1.165, 1.54) is 0 Å². The maximum absolute atomic E-state index is 12.8. The molecule has 8 nitrogen and oxygen atoms in total. The lowest BCUT2D eigenvalue weighted by Gasteiger charge is -2.27. The summed E-state index contributed by atoms with van der Waals surface area (Å²) in [5.74, 6) is -0.902. The summed E-state index contributed by atoms with van der Waals surface area (Å²) in [5, 5.41) is 28.1. The molecule has 0 aromatic heterocycles. The SMILES string of the molecule is CC(C)C[C@H](NC(=O)C1(O)CCCC1)C(=O)N[C@H](C#N)CC[C@@H]1CCCNC1=O. The van der Waals surface area contributed by atoms with Crippen LogP contribution in [0, 0.1) is 23.2 Å². The van der Waals surface area contributed by atoms with E-state index in [1.807, 2.05) is 13.8 Å². The zero-order chi connectivity index (χ0) is 21.4. The van der Waals surface area contributed by atoms with Crippen molar-refractivity contribution in [2.45, 2.75) is 89.3 Å². The van der Waals surface area contributed by atoms with Crippen LogP contribution in [0.25, 0.3) is 0 Å². The first-order valence-corrected chi connectivity index (χ1v) is 10.8. The first-order valence-electron chi connectivity index (χ1n) is 10.8. The van der Waals surface area contributed by atoms with Gasteiger partial charge in [0.05, 0.1) is 6.07 Å². The van der Waals surface area contributed by atoms with Gasteiger partial charge in [-0.1, -0.05) is 13.8 Å². The first-order chi connectivity index (χ1) is 13.7. The van der Waals surface area contributed by atoms with Crippen molar-refractivity contribution in [2.75, 3.05) is 6.54 Å². The lowest BCUT2D eigenvalue weighted by Crippen LogP contribution is -2.55. The monoisotopic (exact) mass is 406 g/mol. The maximum atomic E-state index is 12.8. The highest BCUT2D eigenvalue weighted by molar-refractivity contribution is 5.91. The van der Waals surface area contributed by atoms with Crippen LogP contribution in [0.3, 0.4) is 0 Å². The maximum Gasteiger partial charge on any atom is 0.252 e. The van der Waals surface area contributed by atoms with Gasteiger partial charge in [0.25, 0.3) is 5.91 Å². The molecule has 1 heterocycles. The number of aliphatic hydroxyl groups is 1. The van der Waals surface area contributed by atoms with Gasteiger partial charge in [-0.3, -0.25) is 14.4 Å². The van der Waals surface area contributed by atoms with Gasteiger partial charge in [-0.15, -0.1) is 0 Å². The lowest BCUT2D eigenvalue weighted by molar-refractivity contribution is -0.142. The second-order valence-electron chi connectivity index (χ2n) is 8.79. The molecule has 0 unspecified atom stereocenters. The van der Waals surface area contributed by atoms with Crippen LogP contribution in [0.5, 0.6) is 0 Å². The van der Waals surface area contributed by atoms with Crippen LogP contribution in [-0.4, -0.2) is 47.1 Å². The molecule has 162 valence electrons. The Labute approximate surface area is 172 Å². The van der Waals surface area contributed by atoms with E-state index in [2.05, 4.69) is 22.0 Å². The van der Waals surface area contributed by atoms with Crippen molar-refractivity contribution >= 4 is 17.7 Å². The number of nitriles is 1. The molecule has 0 spiro atoms. The van der Waals surface area contributed by atoms with Crippen LogP contribution >= 0.6 is 0 Å². The number of carbonyl (C=O) groups is 3. The number of carbonyl (C=O) groups excluding carboxylic acids is 3. The molecule has 0 aromatic rings. The number of amides is 3. The van der Waals surface area contributed by atoms with Crippen molar-refractivity contribution in [2.24, 2.45) is 11.8 Å². The number of rotatable bonds is 9. The van der Waals surface area contributed by atoms with Crippen LogP contribution in [0.15, 0.2) is 0 Å². The van der Waals surface area contributed by atoms with Gasteiger partial charge in [0.1, 0.15) is 17.7 Å². The number of piperidine rings is 1. The van der Waals surface area contributed by atoms with Crippen LogP contribution in [0.4, 0.5) is 0 Å². The number of hydrogen-bond acceptors (Lipinski definition) is 5. The minimum absolute atomic E-state index is 0.00835. The van der Waals surface area contributed by atoms with E-state index in [-0.39, 0.29) is 17.7 Å². The Balaban J connectivity index is 1.93. The molecule has 3 atom stereocenters. The van der Waals surface area contributed by atoms with E-state index in [4.69, 9.17) is 0 Å². The van der Waals surface area contributed by atoms with Crippen LogP contribution < -0.4 is 16.0 Å². The van der Waals surface area contributed by atoms with Gasteiger partial charge in [0.15, 0.2) is 0 Å². The predicted octanol–water partition coefficient (Wildman–Crippen LogP) is 1.14. The van der Waals surface area contributed by atoms with E-state index < -0.39 is 29.5 Å². The van der Waals surface area contributed by atoms with Crippen molar-refractivity contribution in [3.05, 3.63) is 0 Å². The molecule has 4 N–H and O–H groups in total. The summed E-state index contributed by atoms with van der Waals surface area (Å²) in [6.07, 6.45) is 5.42. The van der Waals surface area contributed by atoms with E-state index in [9.17, 15) is 24.8 Å². The fourth-order valence-electron chi connectivity index (χ4n) is 4.10. The Morgan fingerprint density at radius 3 is 2.55 bits per heavy atom. The van der Waals surface area contributed by atoms with Gasteiger partial charge < -0.3 is 21.1 Å². The molecule has 0 aromatic carbocycles. The summed E-state index contributed by atoms with van der Waals surface area (Å²) in [7, 11) is 0. The largest absolute Gasteiger partial charge is 0.380 e. The smallest absolute Gasteiger partial charge is 0.252 e. The lowest BCUT2D eigenvalue weighted by atomic mass is 9.92. The molecule has 1 saturated heterocycles. The molecule has 1 saturated carbocycles. The Kier molecular flexibility index (Phi) is 8.45. The topological polar surface area (TPSA) is 131 Å². The second-order valence-corrected chi connectivity index (χ2v) is 8.79. The Morgan fingerprint density at radius 1 is 1.28 bits per heavy atom. The van der Waals surface area contributed by atoms with Gasteiger partial charge in [-0.2, -0.15) is 5.26 Å². The fraction of sp³-hybridized carbons (Fsp3) is 0.810. The minimum atomic E-state index is -1.40. The fourth-order valence-corrected chi connectivity index (χ4v) is 4.10. The zero-order valence-electron chi connectivity index (χ0n) is 17.5. The van der Waals surface area contributed by atoms with E-state index in [1.54, 1.807) is 0 Å². The van der Waals surface area contributed by atoms with Gasteiger partial charge >= 0.3 is 0 Å². The normalized spacial score (nSPS) is 23.0. The highest BCUT2D eigenvalue weighted by Crippen LogP contribution is 2.29. The van der Waals surface area contributed by atoms with Crippen molar-refractivity contribution < 1.29 is 19.5 Å². The minimum Gasteiger partial charge on any atom is -0.380 e. The summed E-state index contributed by atoms with van der Waals surface area (Å²) in [5.41, 5.74) is -1.40. The van der Waals surface area contributed by atoms with Gasteiger partial charge in [0, 0.05) is 12.5 Å². The first kappa shape index (κ1) is 23.1. The second kappa shape index (κ2) is 10.6. The average molecular weight is 407 g/mol. The van der Waals surface area contributed by atoms with Crippen LogP contribution in [-0.2, 0) is 14.4 Å². The van der Waals surface area contributed by atoms with Crippen LogP contribution in [0.1, 0.15) is 71.6 Å². The van der Waals surface area contributed by atoms with Gasteiger partial charge in [0.2, 0.25) is 11.8 Å². The zero-order valence-corrected chi connectivity index (χ0v) is 17.5. The highest BCUT2D eigenvalue weighted by Gasteiger charge is 2.40. The molecule has 2 fully saturated rings. The molecular weight excluding hydrogens is 372 g/mol. The van der Waals surface area contributed by atoms with E-state index >= 15 is 0 Å². The summed E-state index contributed by atoms with van der Waals surface area (Å²) < 4.78 is 0. The quantitative estimate of drug-likeness (QED) is 0.456. The number of nitrogens with zero attached hydrogens (tertiary/aromatic N) is 1. The Bertz CT molecular complexity index is 637. The van der Waals surface area contributed by atoms with Crippen molar-refractivity contribution in [1.82, 2.24) is 16.0 Å². The summed E-state index contributed by atoms with van der Waals surface area (Å²) in [4.78, 5) is 37.2. The average Bonchev–Trinajstić information content (AvgIpc) is 3.13. The predicted molar refractivity (Wildman–Crippen MR) is 107 cm³/mol. The third kappa shape index (κ3) is 6.70. The van der Waals surface area contributed by atoms with Gasteiger partial charge in [-0.05, 0) is 63.7 Å². The van der Waals surface area contributed by atoms with Crippen molar-refractivity contribution in [1.29, 1.82) is 5.26 Å². The van der Waals surface area contributed by atoms with E-state index in [0.717, 1.165) is 25.7 Å². The highest BCUT2D eigenvalue weighted by atomic mass is 16.3. The summed E-state index contributed by atoms with van der Waals surface area (Å²) in [6.45, 7) is 4.58. The van der Waals surface area contributed by atoms with E-state index in [0.29, 0.717) is 38.6 Å². The van der Waals surface area contributed by atoms with Crippen molar-refractivity contribution in [3.8, 4) is 6.07 Å². The number of hydrogen-bond donors (Lipinski definition) is 4. The molecule has 3 amide bonds. The van der Waals surface area contributed by atoms with Crippen LogP contribution in [0.2, 0.25) is 0 Å². The van der Waals surface area contributed by atoms with Crippen molar-refractivity contribution in [3.63, 3.8) is 0 Å². The molecule has 1 aliphatic carbocycles.